The first-order valence-corrected chi connectivity index (χ1v) is 11.8. The third-order valence-corrected chi connectivity index (χ3v) is 6.19. The Kier molecular flexibility index (Phi) is 9.32. The molecule has 0 atom stereocenters. The second-order valence-electron chi connectivity index (χ2n) is 8.75. The predicted octanol–water partition coefficient (Wildman–Crippen LogP) is 5.33. The van der Waals surface area contributed by atoms with Crippen molar-refractivity contribution in [1.29, 1.82) is 0 Å². The molecule has 1 fully saturated rings. The molecule has 0 aliphatic heterocycles. The maximum Gasteiger partial charge on any atom is 0.338 e. The van der Waals surface area contributed by atoms with Gasteiger partial charge in [0.25, 0.3) is 0 Å². The Labute approximate surface area is 201 Å². The maximum atomic E-state index is 12.5. The number of benzene rings is 2. The smallest absolute Gasteiger partial charge is 0.338 e. The van der Waals surface area contributed by atoms with Gasteiger partial charge in [-0.1, -0.05) is 24.3 Å². The summed E-state index contributed by atoms with van der Waals surface area (Å²) in [6.07, 6.45) is 11.7. The summed E-state index contributed by atoms with van der Waals surface area (Å²) < 4.78 is 10.9. The summed E-state index contributed by atoms with van der Waals surface area (Å²) in [6, 6.07) is 12.3. The zero-order valence-corrected chi connectivity index (χ0v) is 19.6. The van der Waals surface area contributed by atoms with Gasteiger partial charge in [-0.25, -0.2) is 9.59 Å². The first kappa shape index (κ1) is 25.1. The van der Waals surface area contributed by atoms with Crippen molar-refractivity contribution in [1.82, 2.24) is 0 Å². The second kappa shape index (κ2) is 12.6. The van der Waals surface area contributed by atoms with Crippen LogP contribution in [0.25, 0.3) is 6.08 Å². The van der Waals surface area contributed by atoms with Crippen LogP contribution in [0.15, 0.2) is 61.2 Å². The average Bonchev–Trinajstić information content (AvgIpc) is 2.84. The van der Waals surface area contributed by atoms with E-state index >= 15 is 0 Å². The van der Waals surface area contributed by atoms with Gasteiger partial charge >= 0.3 is 11.9 Å². The van der Waals surface area contributed by atoms with Crippen molar-refractivity contribution < 1.29 is 19.1 Å². The highest BCUT2D eigenvalue weighted by molar-refractivity contribution is 5.90. The molecule has 34 heavy (non-hydrogen) atoms. The second-order valence-corrected chi connectivity index (χ2v) is 8.75. The molecule has 1 aliphatic rings. The normalized spacial score (nSPS) is 17.9. The van der Waals surface area contributed by atoms with Crippen LogP contribution in [0.1, 0.15) is 60.0 Å². The summed E-state index contributed by atoms with van der Waals surface area (Å²) in [7, 11) is 0. The fourth-order valence-corrected chi connectivity index (χ4v) is 4.16. The number of carbonyl (C=O) groups excluding carboxylic acids is 2. The number of hydrogen-bond acceptors (Lipinski definition) is 6. The quantitative estimate of drug-likeness (QED) is 0.214. The van der Waals surface area contributed by atoms with E-state index in [2.05, 4.69) is 6.58 Å². The van der Waals surface area contributed by atoms with Crippen LogP contribution in [-0.4, -0.2) is 24.6 Å². The van der Waals surface area contributed by atoms with E-state index in [4.69, 9.17) is 20.9 Å². The van der Waals surface area contributed by atoms with Gasteiger partial charge in [-0.05, 0) is 85.9 Å². The van der Waals surface area contributed by atoms with Gasteiger partial charge in [0.1, 0.15) is 6.10 Å². The minimum atomic E-state index is -0.443. The first-order valence-electron chi connectivity index (χ1n) is 11.8. The molecule has 0 saturated heterocycles. The van der Waals surface area contributed by atoms with Crippen LogP contribution in [0.5, 0.6) is 0 Å². The molecule has 1 saturated carbocycles. The maximum absolute atomic E-state index is 12.5. The first-order chi connectivity index (χ1) is 16.4. The summed E-state index contributed by atoms with van der Waals surface area (Å²) >= 11 is 0. The number of allylic oxidation sites excluding steroid dienone is 1. The predicted molar refractivity (Wildman–Crippen MR) is 136 cm³/mol. The van der Waals surface area contributed by atoms with Crippen LogP contribution in [0, 0.1) is 5.92 Å². The van der Waals surface area contributed by atoms with Gasteiger partial charge in [-0.2, -0.15) is 0 Å². The summed E-state index contributed by atoms with van der Waals surface area (Å²) in [5.74, 6) is -0.0332. The number of rotatable bonds is 10. The Bertz CT molecular complexity index is 1010. The van der Waals surface area contributed by atoms with Crippen LogP contribution < -0.4 is 11.5 Å². The van der Waals surface area contributed by atoms with Gasteiger partial charge < -0.3 is 20.9 Å². The Hall–Kier alpha value is -3.54. The number of esters is 2. The summed E-state index contributed by atoms with van der Waals surface area (Å²) in [4.78, 5) is 24.5. The van der Waals surface area contributed by atoms with Crippen LogP contribution in [0.4, 0.5) is 11.4 Å². The highest BCUT2D eigenvalue weighted by atomic mass is 16.5. The number of carbonyl (C=O) groups is 2. The lowest BCUT2D eigenvalue weighted by molar-refractivity contribution is -0.137. The van der Waals surface area contributed by atoms with Crippen LogP contribution in [-0.2, 0) is 20.7 Å². The highest BCUT2D eigenvalue weighted by Crippen LogP contribution is 2.30. The average molecular weight is 463 g/mol. The lowest BCUT2D eigenvalue weighted by Crippen LogP contribution is -2.24. The highest BCUT2D eigenvalue weighted by Gasteiger charge is 2.23. The number of nitrogens with two attached hydrogens (primary N) is 2. The number of hydrogen-bond donors (Lipinski definition) is 2. The van der Waals surface area contributed by atoms with E-state index in [-0.39, 0.29) is 18.7 Å². The van der Waals surface area contributed by atoms with Crippen molar-refractivity contribution in [3.63, 3.8) is 0 Å². The molecule has 0 bridgehead atoms. The SMILES string of the molecule is C=CCCC1CCC(OC(=O)c2ccc(/C=C/C(=O)OCCc3ccc(N)cc3N)cc2)CC1. The monoisotopic (exact) mass is 462 g/mol. The molecule has 0 heterocycles. The third-order valence-electron chi connectivity index (χ3n) is 6.19. The van der Waals surface area contributed by atoms with Gasteiger partial charge in [0.05, 0.1) is 12.2 Å². The molecule has 6 nitrogen and oxygen atoms in total. The van der Waals surface area contributed by atoms with E-state index < -0.39 is 5.97 Å². The van der Waals surface area contributed by atoms with Crippen molar-refractivity contribution in [2.24, 2.45) is 5.92 Å². The van der Waals surface area contributed by atoms with Gasteiger partial charge in [-0.15, -0.1) is 6.58 Å². The molecule has 0 spiro atoms. The van der Waals surface area contributed by atoms with E-state index in [0.717, 1.165) is 43.2 Å². The van der Waals surface area contributed by atoms with E-state index in [1.54, 1.807) is 42.5 Å². The van der Waals surface area contributed by atoms with E-state index in [1.807, 2.05) is 12.1 Å². The van der Waals surface area contributed by atoms with Crippen molar-refractivity contribution >= 4 is 29.4 Å². The largest absolute Gasteiger partial charge is 0.462 e. The molecule has 0 unspecified atom stereocenters. The molecule has 0 radical (unpaired) electrons. The van der Waals surface area contributed by atoms with Gasteiger partial charge in [0, 0.05) is 23.9 Å². The zero-order chi connectivity index (χ0) is 24.3. The molecule has 0 amide bonds. The molecule has 2 aromatic carbocycles. The van der Waals surface area contributed by atoms with Crippen molar-refractivity contribution in [3.8, 4) is 0 Å². The topological polar surface area (TPSA) is 105 Å². The van der Waals surface area contributed by atoms with Crippen LogP contribution >= 0.6 is 0 Å². The molecular weight excluding hydrogens is 428 g/mol. The minimum absolute atomic E-state index is 0.00887. The fourth-order valence-electron chi connectivity index (χ4n) is 4.16. The summed E-state index contributed by atoms with van der Waals surface area (Å²) in [5.41, 5.74) is 15.0. The summed E-state index contributed by atoms with van der Waals surface area (Å²) in [6.45, 7) is 4.00. The third kappa shape index (κ3) is 7.80. The van der Waals surface area contributed by atoms with Gasteiger partial charge in [0.15, 0.2) is 0 Å². The van der Waals surface area contributed by atoms with Gasteiger partial charge in [-0.3, -0.25) is 0 Å². The Morgan fingerprint density at radius 1 is 1.03 bits per heavy atom. The molecule has 0 aromatic heterocycles. The summed E-state index contributed by atoms with van der Waals surface area (Å²) in [5, 5.41) is 0. The van der Waals surface area contributed by atoms with Crippen LogP contribution in [0.2, 0.25) is 0 Å². The lowest BCUT2D eigenvalue weighted by Gasteiger charge is -2.28. The standard InChI is InChI=1S/C28H34N2O4/c1-2-3-4-20-7-14-25(15-8-20)34-28(32)23-10-5-21(6-11-23)9-16-27(31)33-18-17-22-12-13-24(29)19-26(22)30/h2,5-6,9-13,16,19-20,25H,1,3-4,7-8,14-15,17-18,29-30H2/b16-9+. The van der Waals surface area contributed by atoms with Gasteiger partial charge in [0.2, 0.25) is 0 Å². The molecule has 4 N–H and O–H groups in total. The Balaban J connectivity index is 1.40. The molecule has 3 rings (SSSR count). The molecular formula is C28H34N2O4. The molecule has 180 valence electrons. The fraction of sp³-hybridized carbons (Fsp3) is 0.357. The van der Waals surface area contributed by atoms with E-state index in [0.29, 0.717) is 29.3 Å². The Morgan fingerprint density at radius 2 is 1.76 bits per heavy atom. The lowest BCUT2D eigenvalue weighted by atomic mass is 9.84. The number of anilines is 2. The Morgan fingerprint density at radius 3 is 2.44 bits per heavy atom. The van der Waals surface area contributed by atoms with Crippen molar-refractivity contribution in [2.45, 2.75) is 51.0 Å². The zero-order valence-electron chi connectivity index (χ0n) is 19.6. The molecule has 2 aromatic rings. The molecule has 1 aliphatic carbocycles. The number of nitrogen functional groups attached to an aromatic ring is 2. The van der Waals surface area contributed by atoms with Crippen LogP contribution in [0.3, 0.4) is 0 Å². The van der Waals surface area contributed by atoms with E-state index in [1.165, 1.54) is 12.5 Å². The van der Waals surface area contributed by atoms with Crippen molar-refractivity contribution in [2.75, 3.05) is 18.1 Å². The van der Waals surface area contributed by atoms with Crippen molar-refractivity contribution in [3.05, 3.63) is 77.9 Å². The minimum Gasteiger partial charge on any atom is -0.462 e. The van der Waals surface area contributed by atoms with E-state index in [9.17, 15) is 9.59 Å². The molecule has 6 heteroatoms. The number of ether oxygens (including phenoxy) is 2.